The molecule has 1 aromatic carbocycles. The van der Waals surface area contributed by atoms with E-state index in [-0.39, 0.29) is 6.10 Å². The lowest BCUT2D eigenvalue weighted by molar-refractivity contribution is 0.136. The van der Waals surface area contributed by atoms with Gasteiger partial charge in [-0.2, -0.15) is 0 Å². The van der Waals surface area contributed by atoms with Gasteiger partial charge in [0.1, 0.15) is 0 Å². The SMILES string of the molecule is CC(O)C1CCN(c2cc(Cl)c(Cl)cc2N)C1. The van der Waals surface area contributed by atoms with Crippen LogP contribution in [0, 0.1) is 5.92 Å². The molecule has 0 radical (unpaired) electrons. The summed E-state index contributed by atoms with van der Waals surface area (Å²) in [5.41, 5.74) is 7.48. The van der Waals surface area contributed by atoms with Gasteiger partial charge < -0.3 is 15.7 Å². The van der Waals surface area contributed by atoms with E-state index in [0.717, 1.165) is 25.2 Å². The van der Waals surface area contributed by atoms with Crippen LogP contribution in [0.25, 0.3) is 0 Å². The monoisotopic (exact) mass is 274 g/mol. The molecule has 5 heteroatoms. The van der Waals surface area contributed by atoms with Gasteiger partial charge in [-0.05, 0) is 25.5 Å². The third-order valence-corrected chi connectivity index (χ3v) is 4.04. The Morgan fingerprint density at radius 1 is 1.41 bits per heavy atom. The van der Waals surface area contributed by atoms with Crippen LogP contribution < -0.4 is 10.6 Å². The third kappa shape index (κ3) is 2.62. The normalized spacial score (nSPS) is 21.9. The lowest BCUT2D eigenvalue weighted by atomic mass is 10.0. The smallest absolute Gasteiger partial charge is 0.0616 e. The van der Waals surface area contributed by atoms with E-state index in [2.05, 4.69) is 4.90 Å². The molecular weight excluding hydrogens is 259 g/mol. The van der Waals surface area contributed by atoms with Crippen LogP contribution in [0.1, 0.15) is 13.3 Å². The number of nitrogen functional groups attached to an aromatic ring is 1. The lowest BCUT2D eigenvalue weighted by Gasteiger charge is -2.22. The summed E-state index contributed by atoms with van der Waals surface area (Å²) in [6.45, 7) is 3.52. The molecule has 1 heterocycles. The van der Waals surface area contributed by atoms with E-state index < -0.39 is 0 Å². The number of aliphatic hydroxyl groups excluding tert-OH is 1. The maximum atomic E-state index is 9.58. The van der Waals surface area contributed by atoms with Crippen molar-refractivity contribution in [2.75, 3.05) is 23.7 Å². The molecule has 0 bridgehead atoms. The minimum absolute atomic E-state index is 0.288. The zero-order valence-electron chi connectivity index (χ0n) is 9.66. The number of halogens is 2. The standard InChI is InChI=1S/C12H16Cl2N2O/c1-7(17)8-2-3-16(6-8)12-5-10(14)9(13)4-11(12)15/h4-5,7-8,17H,2-3,6,15H2,1H3. The first-order valence-corrected chi connectivity index (χ1v) is 6.42. The van der Waals surface area contributed by atoms with Crippen LogP contribution in [-0.2, 0) is 0 Å². The number of nitrogens with zero attached hydrogens (tertiary/aromatic N) is 1. The highest BCUT2D eigenvalue weighted by Gasteiger charge is 2.27. The van der Waals surface area contributed by atoms with E-state index in [1.165, 1.54) is 0 Å². The molecular formula is C12H16Cl2N2O. The Morgan fingerprint density at radius 2 is 2.06 bits per heavy atom. The van der Waals surface area contributed by atoms with Gasteiger partial charge in [-0.3, -0.25) is 0 Å². The maximum Gasteiger partial charge on any atom is 0.0616 e. The van der Waals surface area contributed by atoms with Crippen molar-refractivity contribution in [3.05, 3.63) is 22.2 Å². The Balaban J connectivity index is 2.22. The van der Waals surface area contributed by atoms with Crippen LogP contribution in [0.2, 0.25) is 10.0 Å². The third-order valence-electron chi connectivity index (χ3n) is 3.32. The molecule has 1 aliphatic heterocycles. The number of hydrogen-bond donors (Lipinski definition) is 2. The predicted molar refractivity (Wildman–Crippen MR) is 72.9 cm³/mol. The van der Waals surface area contributed by atoms with Gasteiger partial charge in [0.15, 0.2) is 0 Å². The highest BCUT2D eigenvalue weighted by molar-refractivity contribution is 6.42. The number of hydrogen-bond acceptors (Lipinski definition) is 3. The number of nitrogens with two attached hydrogens (primary N) is 1. The average Bonchev–Trinajstić information content (AvgIpc) is 2.72. The van der Waals surface area contributed by atoms with Gasteiger partial charge >= 0.3 is 0 Å². The van der Waals surface area contributed by atoms with Crippen molar-refractivity contribution >= 4 is 34.6 Å². The quantitative estimate of drug-likeness (QED) is 0.816. The first-order chi connectivity index (χ1) is 7.99. The van der Waals surface area contributed by atoms with E-state index in [9.17, 15) is 5.11 Å². The zero-order chi connectivity index (χ0) is 12.6. The second-order valence-electron chi connectivity index (χ2n) is 4.56. The molecule has 0 amide bonds. The molecule has 2 unspecified atom stereocenters. The first-order valence-electron chi connectivity index (χ1n) is 5.66. The second kappa shape index (κ2) is 4.92. The molecule has 2 atom stereocenters. The van der Waals surface area contributed by atoms with E-state index in [0.29, 0.717) is 21.7 Å². The minimum atomic E-state index is -0.288. The van der Waals surface area contributed by atoms with Crippen LogP contribution in [0.4, 0.5) is 11.4 Å². The number of anilines is 2. The molecule has 0 aliphatic carbocycles. The minimum Gasteiger partial charge on any atom is -0.397 e. The van der Waals surface area contributed by atoms with Gasteiger partial charge in [0.05, 0.1) is 27.5 Å². The van der Waals surface area contributed by atoms with Crippen molar-refractivity contribution in [3.8, 4) is 0 Å². The largest absolute Gasteiger partial charge is 0.397 e. The fourth-order valence-corrected chi connectivity index (χ4v) is 2.56. The summed E-state index contributed by atoms with van der Waals surface area (Å²) in [6, 6.07) is 3.47. The Hall–Kier alpha value is -0.640. The van der Waals surface area contributed by atoms with Crippen molar-refractivity contribution in [1.82, 2.24) is 0 Å². The van der Waals surface area contributed by atoms with Crippen molar-refractivity contribution in [3.63, 3.8) is 0 Å². The molecule has 3 nitrogen and oxygen atoms in total. The van der Waals surface area contributed by atoms with Gasteiger partial charge in [-0.15, -0.1) is 0 Å². The fraction of sp³-hybridized carbons (Fsp3) is 0.500. The summed E-state index contributed by atoms with van der Waals surface area (Å²) in [5, 5.41) is 10.6. The maximum absolute atomic E-state index is 9.58. The average molecular weight is 275 g/mol. The van der Waals surface area contributed by atoms with E-state index >= 15 is 0 Å². The predicted octanol–water partition coefficient (Wildman–Crippen LogP) is 2.78. The highest BCUT2D eigenvalue weighted by atomic mass is 35.5. The molecule has 2 rings (SSSR count). The van der Waals surface area contributed by atoms with Crippen LogP contribution >= 0.6 is 23.2 Å². The Kier molecular flexibility index (Phi) is 3.71. The highest BCUT2D eigenvalue weighted by Crippen LogP contribution is 2.35. The van der Waals surface area contributed by atoms with Gasteiger partial charge in [0, 0.05) is 19.0 Å². The number of rotatable bonds is 2. The summed E-state index contributed by atoms with van der Waals surface area (Å²) >= 11 is 11.9. The van der Waals surface area contributed by atoms with Crippen molar-refractivity contribution in [2.45, 2.75) is 19.4 Å². The number of benzene rings is 1. The Morgan fingerprint density at radius 3 is 2.65 bits per heavy atom. The van der Waals surface area contributed by atoms with Crippen molar-refractivity contribution in [2.24, 2.45) is 5.92 Å². The summed E-state index contributed by atoms with van der Waals surface area (Å²) < 4.78 is 0. The topological polar surface area (TPSA) is 49.5 Å². The molecule has 1 saturated heterocycles. The van der Waals surface area contributed by atoms with Crippen LogP contribution in [0.3, 0.4) is 0 Å². The molecule has 1 fully saturated rings. The van der Waals surface area contributed by atoms with Crippen LogP contribution in [0.15, 0.2) is 12.1 Å². The van der Waals surface area contributed by atoms with Gasteiger partial charge in [-0.1, -0.05) is 23.2 Å². The molecule has 17 heavy (non-hydrogen) atoms. The molecule has 0 aromatic heterocycles. The zero-order valence-corrected chi connectivity index (χ0v) is 11.2. The van der Waals surface area contributed by atoms with Crippen LogP contribution in [-0.4, -0.2) is 24.3 Å². The summed E-state index contributed by atoms with van der Waals surface area (Å²) in [4.78, 5) is 2.15. The van der Waals surface area contributed by atoms with E-state index in [1.807, 2.05) is 6.92 Å². The summed E-state index contributed by atoms with van der Waals surface area (Å²) in [7, 11) is 0. The lowest BCUT2D eigenvalue weighted by Crippen LogP contribution is -2.24. The fourth-order valence-electron chi connectivity index (χ4n) is 2.23. The molecule has 1 aromatic rings. The van der Waals surface area contributed by atoms with Gasteiger partial charge in [-0.25, -0.2) is 0 Å². The van der Waals surface area contributed by atoms with E-state index in [4.69, 9.17) is 28.9 Å². The molecule has 94 valence electrons. The van der Waals surface area contributed by atoms with Crippen LogP contribution in [0.5, 0.6) is 0 Å². The second-order valence-corrected chi connectivity index (χ2v) is 5.37. The molecule has 1 aliphatic rings. The van der Waals surface area contributed by atoms with Crippen molar-refractivity contribution in [1.29, 1.82) is 0 Å². The van der Waals surface area contributed by atoms with Gasteiger partial charge in [0.25, 0.3) is 0 Å². The van der Waals surface area contributed by atoms with Crippen molar-refractivity contribution < 1.29 is 5.11 Å². The first kappa shape index (κ1) is 12.8. The summed E-state index contributed by atoms with van der Waals surface area (Å²) in [6.07, 6.45) is 0.682. The summed E-state index contributed by atoms with van der Waals surface area (Å²) in [5.74, 6) is 0.295. The molecule has 0 saturated carbocycles. The Bertz CT molecular complexity index is 423. The molecule has 3 N–H and O–H groups in total. The van der Waals surface area contributed by atoms with E-state index in [1.54, 1.807) is 12.1 Å². The Labute approximate surface area is 111 Å². The van der Waals surface area contributed by atoms with Gasteiger partial charge in [0.2, 0.25) is 0 Å². The number of aliphatic hydroxyl groups is 1. The molecule has 0 spiro atoms.